The van der Waals surface area contributed by atoms with E-state index in [0.717, 1.165) is 12.2 Å². The van der Waals surface area contributed by atoms with Crippen molar-refractivity contribution >= 4 is 0 Å². The van der Waals surface area contributed by atoms with Crippen molar-refractivity contribution in [2.45, 2.75) is 38.8 Å². The summed E-state index contributed by atoms with van der Waals surface area (Å²) in [6.07, 6.45) is 3.91. The molecule has 0 amide bonds. The van der Waals surface area contributed by atoms with Crippen molar-refractivity contribution in [1.82, 2.24) is 0 Å². The second-order valence-corrected chi connectivity index (χ2v) is 3.86. The highest BCUT2D eigenvalue weighted by Crippen LogP contribution is 2.28. The molecule has 76 valence electrons. The lowest BCUT2D eigenvalue weighted by Gasteiger charge is -2.08. The summed E-state index contributed by atoms with van der Waals surface area (Å²) >= 11 is 0. The SMILES string of the molecule is CCc1cc(CN)cc(OC2CC2)c1. The summed E-state index contributed by atoms with van der Waals surface area (Å²) in [5.41, 5.74) is 8.11. The van der Waals surface area contributed by atoms with Crippen molar-refractivity contribution < 1.29 is 4.74 Å². The van der Waals surface area contributed by atoms with E-state index in [4.69, 9.17) is 10.5 Å². The number of rotatable bonds is 4. The van der Waals surface area contributed by atoms with Crippen molar-refractivity contribution in [3.8, 4) is 5.75 Å². The normalized spacial score (nSPS) is 15.6. The van der Waals surface area contributed by atoms with Crippen LogP contribution in [0.15, 0.2) is 18.2 Å². The van der Waals surface area contributed by atoms with Gasteiger partial charge in [-0.05, 0) is 42.5 Å². The molecule has 1 saturated carbocycles. The molecule has 1 aliphatic carbocycles. The lowest BCUT2D eigenvalue weighted by molar-refractivity contribution is 0.302. The van der Waals surface area contributed by atoms with E-state index in [1.165, 1.54) is 24.0 Å². The van der Waals surface area contributed by atoms with Crippen LogP contribution in [0.2, 0.25) is 0 Å². The van der Waals surface area contributed by atoms with Crippen molar-refractivity contribution in [2.75, 3.05) is 0 Å². The molecule has 1 aromatic carbocycles. The van der Waals surface area contributed by atoms with E-state index >= 15 is 0 Å². The average molecular weight is 191 g/mol. The number of hydrogen-bond acceptors (Lipinski definition) is 2. The van der Waals surface area contributed by atoms with Gasteiger partial charge in [-0.15, -0.1) is 0 Å². The smallest absolute Gasteiger partial charge is 0.120 e. The Morgan fingerprint density at radius 2 is 2.00 bits per heavy atom. The van der Waals surface area contributed by atoms with Crippen LogP contribution in [0, 0.1) is 0 Å². The quantitative estimate of drug-likeness (QED) is 0.792. The van der Waals surface area contributed by atoms with Crippen molar-refractivity contribution in [3.05, 3.63) is 29.3 Å². The molecular formula is C12H17NO. The summed E-state index contributed by atoms with van der Waals surface area (Å²) in [4.78, 5) is 0. The van der Waals surface area contributed by atoms with E-state index in [0.29, 0.717) is 12.6 Å². The molecule has 1 fully saturated rings. The second kappa shape index (κ2) is 4.01. The van der Waals surface area contributed by atoms with Gasteiger partial charge in [-0.1, -0.05) is 13.0 Å². The Kier molecular flexibility index (Phi) is 2.73. The van der Waals surface area contributed by atoms with Gasteiger partial charge in [-0.25, -0.2) is 0 Å². The first-order chi connectivity index (χ1) is 6.81. The van der Waals surface area contributed by atoms with E-state index in [2.05, 4.69) is 25.1 Å². The Balaban J connectivity index is 2.19. The molecule has 2 heteroatoms. The molecular weight excluding hydrogens is 174 g/mol. The molecule has 2 N–H and O–H groups in total. The zero-order chi connectivity index (χ0) is 9.97. The first-order valence-electron chi connectivity index (χ1n) is 5.31. The third-order valence-electron chi connectivity index (χ3n) is 2.50. The minimum Gasteiger partial charge on any atom is -0.490 e. The fraction of sp³-hybridized carbons (Fsp3) is 0.500. The molecule has 2 nitrogen and oxygen atoms in total. The Hall–Kier alpha value is -1.02. The van der Waals surface area contributed by atoms with Gasteiger partial charge in [0.05, 0.1) is 6.10 Å². The summed E-state index contributed by atoms with van der Waals surface area (Å²) in [5.74, 6) is 0.993. The van der Waals surface area contributed by atoms with Gasteiger partial charge in [0.25, 0.3) is 0 Å². The van der Waals surface area contributed by atoms with Crippen molar-refractivity contribution in [3.63, 3.8) is 0 Å². The van der Waals surface area contributed by atoms with Gasteiger partial charge in [-0.3, -0.25) is 0 Å². The summed E-state index contributed by atoms with van der Waals surface area (Å²) in [5, 5.41) is 0. The molecule has 0 atom stereocenters. The van der Waals surface area contributed by atoms with Gasteiger partial charge >= 0.3 is 0 Å². The van der Waals surface area contributed by atoms with Crippen LogP contribution in [-0.2, 0) is 13.0 Å². The molecule has 0 bridgehead atoms. The molecule has 0 heterocycles. The Morgan fingerprint density at radius 1 is 1.29 bits per heavy atom. The molecule has 14 heavy (non-hydrogen) atoms. The first kappa shape index (κ1) is 9.53. The Labute approximate surface area is 85.1 Å². The van der Waals surface area contributed by atoms with Crippen LogP contribution in [0.1, 0.15) is 30.9 Å². The summed E-state index contributed by atoms with van der Waals surface area (Å²) in [7, 11) is 0. The topological polar surface area (TPSA) is 35.2 Å². The average Bonchev–Trinajstić information content (AvgIpc) is 3.01. The van der Waals surface area contributed by atoms with E-state index in [-0.39, 0.29) is 0 Å². The molecule has 1 aliphatic rings. The molecule has 0 saturated heterocycles. The molecule has 0 radical (unpaired) electrons. The van der Waals surface area contributed by atoms with Crippen molar-refractivity contribution in [1.29, 1.82) is 0 Å². The maximum absolute atomic E-state index is 5.75. The van der Waals surface area contributed by atoms with Gasteiger partial charge in [-0.2, -0.15) is 0 Å². The molecule has 0 unspecified atom stereocenters. The van der Waals surface area contributed by atoms with Gasteiger partial charge in [0.2, 0.25) is 0 Å². The van der Waals surface area contributed by atoms with Crippen LogP contribution in [0.5, 0.6) is 5.75 Å². The van der Waals surface area contributed by atoms with E-state index in [1.807, 2.05) is 0 Å². The van der Waals surface area contributed by atoms with E-state index < -0.39 is 0 Å². The maximum Gasteiger partial charge on any atom is 0.120 e. The fourth-order valence-corrected chi connectivity index (χ4v) is 1.50. The molecule has 0 aliphatic heterocycles. The molecule has 2 rings (SSSR count). The van der Waals surface area contributed by atoms with Crippen molar-refractivity contribution in [2.24, 2.45) is 5.73 Å². The standard InChI is InChI=1S/C12H17NO/c1-2-9-5-10(8-13)7-12(6-9)14-11-3-4-11/h5-7,11H,2-4,8,13H2,1H3. The van der Waals surface area contributed by atoms with Gasteiger partial charge in [0.15, 0.2) is 0 Å². The van der Waals surface area contributed by atoms with Crippen LogP contribution in [0.25, 0.3) is 0 Å². The second-order valence-electron chi connectivity index (χ2n) is 3.86. The zero-order valence-corrected chi connectivity index (χ0v) is 8.62. The largest absolute Gasteiger partial charge is 0.490 e. The van der Waals surface area contributed by atoms with Gasteiger partial charge < -0.3 is 10.5 Å². The minimum absolute atomic E-state index is 0.465. The minimum atomic E-state index is 0.465. The van der Waals surface area contributed by atoms with Crippen LogP contribution >= 0.6 is 0 Å². The maximum atomic E-state index is 5.75. The van der Waals surface area contributed by atoms with Crippen LogP contribution in [0.3, 0.4) is 0 Å². The molecule has 0 spiro atoms. The predicted octanol–water partition coefficient (Wildman–Crippen LogP) is 2.25. The number of benzene rings is 1. The summed E-state index contributed by atoms with van der Waals surface area (Å²) in [6.45, 7) is 2.74. The third-order valence-corrected chi connectivity index (χ3v) is 2.50. The summed E-state index contributed by atoms with van der Waals surface area (Å²) < 4.78 is 5.75. The van der Waals surface area contributed by atoms with Crippen LogP contribution in [0.4, 0.5) is 0 Å². The number of hydrogen-bond donors (Lipinski definition) is 1. The lowest BCUT2D eigenvalue weighted by atomic mass is 10.1. The lowest BCUT2D eigenvalue weighted by Crippen LogP contribution is -2.01. The number of ether oxygens (including phenoxy) is 1. The highest BCUT2D eigenvalue weighted by Gasteiger charge is 2.23. The highest BCUT2D eigenvalue weighted by atomic mass is 16.5. The van der Waals surface area contributed by atoms with Gasteiger partial charge in [0, 0.05) is 6.54 Å². The molecule has 1 aromatic rings. The number of aryl methyl sites for hydroxylation is 1. The molecule has 0 aromatic heterocycles. The van der Waals surface area contributed by atoms with E-state index in [1.54, 1.807) is 0 Å². The first-order valence-corrected chi connectivity index (χ1v) is 5.31. The third kappa shape index (κ3) is 2.26. The van der Waals surface area contributed by atoms with E-state index in [9.17, 15) is 0 Å². The Bertz CT molecular complexity index is 296. The Morgan fingerprint density at radius 3 is 2.57 bits per heavy atom. The zero-order valence-electron chi connectivity index (χ0n) is 8.62. The van der Waals surface area contributed by atoms with Crippen LogP contribution < -0.4 is 10.5 Å². The van der Waals surface area contributed by atoms with Crippen LogP contribution in [-0.4, -0.2) is 6.10 Å². The highest BCUT2D eigenvalue weighted by molar-refractivity contribution is 5.34. The predicted molar refractivity (Wildman–Crippen MR) is 57.4 cm³/mol. The number of nitrogens with two attached hydrogens (primary N) is 1. The van der Waals surface area contributed by atoms with Gasteiger partial charge in [0.1, 0.15) is 5.75 Å². The monoisotopic (exact) mass is 191 g/mol. The summed E-state index contributed by atoms with van der Waals surface area (Å²) in [6, 6.07) is 6.33. The fourth-order valence-electron chi connectivity index (χ4n) is 1.50.